The molecule has 20 heavy (non-hydrogen) atoms. The van der Waals surface area contributed by atoms with E-state index in [1.807, 2.05) is 0 Å². The summed E-state index contributed by atoms with van der Waals surface area (Å²) in [6.07, 6.45) is 0. The number of carboxylic acid groups (broad SMARTS) is 1. The van der Waals surface area contributed by atoms with Gasteiger partial charge >= 0.3 is 12.0 Å². The molecule has 0 amide bonds. The second-order valence-electron chi connectivity index (χ2n) is 3.42. The average molecular weight is 377 g/mol. The maximum Gasteiger partial charge on any atom is 0.336 e. The molecular weight excluding hydrogens is 370 g/mol. The van der Waals surface area contributed by atoms with Gasteiger partial charge in [0.15, 0.2) is 5.16 Å². The second-order valence-corrected chi connectivity index (χ2v) is 5.66. The van der Waals surface area contributed by atoms with Gasteiger partial charge in [-0.1, -0.05) is 0 Å². The van der Waals surface area contributed by atoms with Crippen molar-refractivity contribution in [3.05, 3.63) is 33.5 Å². The maximum absolute atomic E-state index is 11.1. The van der Waals surface area contributed by atoms with Crippen molar-refractivity contribution in [3.63, 3.8) is 0 Å². The summed E-state index contributed by atoms with van der Waals surface area (Å²) in [5.74, 6) is -1.02. The van der Waals surface area contributed by atoms with Gasteiger partial charge in [0.1, 0.15) is 0 Å². The summed E-state index contributed by atoms with van der Waals surface area (Å²) in [7, 11) is 1.42. The van der Waals surface area contributed by atoms with E-state index in [1.165, 1.54) is 13.2 Å². The first-order valence-electron chi connectivity index (χ1n) is 5.16. The van der Waals surface area contributed by atoms with Crippen LogP contribution in [0.1, 0.15) is 10.4 Å². The number of halogens is 2. The molecule has 104 valence electrons. The number of benzene rings is 1. The van der Waals surface area contributed by atoms with E-state index in [0.717, 1.165) is 11.8 Å². The van der Waals surface area contributed by atoms with Crippen molar-refractivity contribution in [1.82, 2.24) is 15.0 Å². The third kappa shape index (κ3) is 3.59. The molecule has 0 aliphatic carbocycles. The lowest BCUT2D eigenvalue weighted by atomic mass is 10.2. The largest absolute Gasteiger partial charge is 0.478 e. The molecule has 2 aromatic rings. The monoisotopic (exact) mass is 375 g/mol. The van der Waals surface area contributed by atoms with E-state index in [2.05, 4.69) is 30.9 Å². The predicted octanol–water partition coefficient (Wildman–Crippen LogP) is 3.15. The lowest BCUT2D eigenvalue weighted by Gasteiger charge is -2.05. The van der Waals surface area contributed by atoms with Gasteiger partial charge in [-0.15, -0.1) is 0 Å². The molecule has 0 aliphatic heterocycles. The first-order chi connectivity index (χ1) is 9.49. The summed E-state index contributed by atoms with van der Waals surface area (Å²) in [6, 6.07) is 5.00. The van der Waals surface area contributed by atoms with Gasteiger partial charge in [-0.05, 0) is 57.5 Å². The number of hydrogen-bond acceptors (Lipinski definition) is 6. The number of carboxylic acids is 1. The van der Waals surface area contributed by atoms with Gasteiger partial charge < -0.3 is 9.84 Å². The Kier molecular flexibility index (Phi) is 4.79. The van der Waals surface area contributed by atoms with Gasteiger partial charge in [0.25, 0.3) is 0 Å². The molecule has 0 aliphatic rings. The molecule has 0 unspecified atom stereocenters. The Morgan fingerprint density at radius 1 is 1.40 bits per heavy atom. The molecule has 0 saturated carbocycles. The Morgan fingerprint density at radius 3 is 2.80 bits per heavy atom. The van der Waals surface area contributed by atoms with Crippen molar-refractivity contribution in [3.8, 4) is 6.01 Å². The number of nitrogens with zero attached hydrogens (tertiary/aromatic N) is 3. The van der Waals surface area contributed by atoms with E-state index < -0.39 is 5.97 Å². The average Bonchev–Trinajstić information content (AvgIpc) is 2.40. The molecule has 1 N–H and O–H groups in total. The van der Waals surface area contributed by atoms with Crippen LogP contribution in [0.25, 0.3) is 0 Å². The summed E-state index contributed by atoms with van der Waals surface area (Å²) < 4.78 is 5.39. The SMILES string of the molecule is COc1nc(Cl)nc(Sc2ccc(Br)c(C(=O)O)c2)n1. The van der Waals surface area contributed by atoms with Crippen molar-refractivity contribution >= 4 is 45.3 Å². The smallest absolute Gasteiger partial charge is 0.336 e. The maximum atomic E-state index is 11.1. The number of rotatable bonds is 4. The van der Waals surface area contributed by atoms with E-state index in [4.69, 9.17) is 21.4 Å². The van der Waals surface area contributed by atoms with Crippen LogP contribution in [0, 0.1) is 0 Å². The van der Waals surface area contributed by atoms with Crippen molar-refractivity contribution in [2.45, 2.75) is 10.1 Å². The van der Waals surface area contributed by atoms with E-state index in [-0.39, 0.29) is 16.9 Å². The van der Waals surface area contributed by atoms with Gasteiger partial charge in [-0.2, -0.15) is 15.0 Å². The normalized spacial score (nSPS) is 10.3. The van der Waals surface area contributed by atoms with Gasteiger partial charge in [0.2, 0.25) is 5.28 Å². The third-order valence-corrected chi connectivity index (χ3v) is 3.84. The molecule has 1 aromatic heterocycles. The van der Waals surface area contributed by atoms with E-state index in [0.29, 0.717) is 14.5 Å². The summed E-state index contributed by atoms with van der Waals surface area (Å²) in [5.41, 5.74) is 0.155. The number of carbonyl (C=O) groups is 1. The minimum absolute atomic E-state index is 0.00918. The quantitative estimate of drug-likeness (QED) is 0.877. The molecule has 0 radical (unpaired) electrons. The number of ether oxygens (including phenoxy) is 1. The van der Waals surface area contributed by atoms with Crippen LogP contribution < -0.4 is 4.74 Å². The highest BCUT2D eigenvalue weighted by atomic mass is 79.9. The van der Waals surface area contributed by atoms with E-state index in [1.54, 1.807) is 12.1 Å². The van der Waals surface area contributed by atoms with Crippen molar-refractivity contribution in [1.29, 1.82) is 0 Å². The molecule has 9 heteroatoms. The van der Waals surface area contributed by atoms with Crippen LogP contribution in [-0.4, -0.2) is 33.1 Å². The summed E-state index contributed by atoms with van der Waals surface area (Å²) >= 11 is 10.1. The fourth-order valence-electron chi connectivity index (χ4n) is 1.29. The zero-order valence-electron chi connectivity index (χ0n) is 10.0. The highest BCUT2D eigenvalue weighted by Crippen LogP contribution is 2.29. The van der Waals surface area contributed by atoms with Crippen LogP contribution in [0.5, 0.6) is 6.01 Å². The Hall–Kier alpha value is -1.38. The molecule has 0 atom stereocenters. The topological polar surface area (TPSA) is 85.2 Å². The molecule has 1 heterocycles. The molecule has 0 bridgehead atoms. The second kappa shape index (κ2) is 6.38. The zero-order valence-corrected chi connectivity index (χ0v) is 13.2. The van der Waals surface area contributed by atoms with Gasteiger partial charge in [0, 0.05) is 9.37 Å². The molecule has 0 saturated heterocycles. The number of aromatic carboxylic acids is 1. The first-order valence-corrected chi connectivity index (χ1v) is 7.14. The Morgan fingerprint density at radius 2 is 2.15 bits per heavy atom. The Balaban J connectivity index is 2.32. The number of methoxy groups -OCH3 is 1. The van der Waals surface area contributed by atoms with Gasteiger partial charge in [0.05, 0.1) is 12.7 Å². The molecule has 0 spiro atoms. The standard InChI is InChI=1S/C11H7BrClN3O3S/c1-19-10-14-9(13)15-11(16-10)20-5-2-3-7(12)6(4-5)8(17)18/h2-4H,1H3,(H,17,18). The van der Waals surface area contributed by atoms with Crippen LogP contribution in [0.3, 0.4) is 0 Å². The van der Waals surface area contributed by atoms with E-state index >= 15 is 0 Å². The molecule has 2 rings (SSSR count). The predicted molar refractivity (Wildman–Crippen MR) is 76.6 cm³/mol. The lowest BCUT2D eigenvalue weighted by molar-refractivity contribution is 0.0695. The first kappa shape index (κ1) is 15.0. The van der Waals surface area contributed by atoms with Gasteiger partial charge in [-0.3, -0.25) is 0 Å². The van der Waals surface area contributed by atoms with Crippen LogP contribution in [0.4, 0.5) is 0 Å². The summed E-state index contributed by atoms with van der Waals surface area (Å²) in [5, 5.41) is 9.39. The molecule has 6 nitrogen and oxygen atoms in total. The van der Waals surface area contributed by atoms with Crippen molar-refractivity contribution in [2.24, 2.45) is 0 Å². The summed E-state index contributed by atoms with van der Waals surface area (Å²) in [6.45, 7) is 0. The van der Waals surface area contributed by atoms with Crippen LogP contribution in [0.15, 0.2) is 32.7 Å². The Labute approximate surface area is 131 Å². The summed E-state index contributed by atoms with van der Waals surface area (Å²) in [4.78, 5) is 23.4. The fraction of sp³-hybridized carbons (Fsp3) is 0.0909. The minimum atomic E-state index is -1.02. The van der Waals surface area contributed by atoms with Crippen molar-refractivity contribution < 1.29 is 14.6 Å². The highest BCUT2D eigenvalue weighted by Gasteiger charge is 2.12. The fourth-order valence-corrected chi connectivity index (χ4v) is 2.69. The number of hydrogen-bond donors (Lipinski definition) is 1. The molecule has 1 aromatic carbocycles. The third-order valence-electron chi connectivity index (χ3n) is 2.13. The molecule has 0 fully saturated rings. The highest BCUT2D eigenvalue weighted by molar-refractivity contribution is 9.10. The number of aromatic nitrogens is 3. The lowest BCUT2D eigenvalue weighted by Crippen LogP contribution is -1.99. The van der Waals surface area contributed by atoms with Crippen LogP contribution in [-0.2, 0) is 0 Å². The zero-order chi connectivity index (χ0) is 14.7. The minimum Gasteiger partial charge on any atom is -0.478 e. The molecular formula is C11H7BrClN3O3S. The van der Waals surface area contributed by atoms with E-state index in [9.17, 15) is 4.79 Å². The van der Waals surface area contributed by atoms with Gasteiger partial charge in [-0.25, -0.2) is 4.79 Å². The van der Waals surface area contributed by atoms with Crippen LogP contribution in [0.2, 0.25) is 5.28 Å². The van der Waals surface area contributed by atoms with Crippen LogP contribution >= 0.6 is 39.3 Å². The Bertz CT molecular complexity index is 671. The van der Waals surface area contributed by atoms with Crippen molar-refractivity contribution in [2.75, 3.05) is 7.11 Å².